The van der Waals surface area contributed by atoms with Crippen molar-refractivity contribution in [2.75, 3.05) is 6.61 Å². The molecule has 2 rings (SSSR count). The lowest BCUT2D eigenvalue weighted by Crippen LogP contribution is -2.16. The van der Waals surface area contributed by atoms with E-state index in [0.29, 0.717) is 6.10 Å². The lowest BCUT2D eigenvalue weighted by molar-refractivity contribution is 0.0358. The molecule has 0 bridgehead atoms. The highest BCUT2D eigenvalue weighted by molar-refractivity contribution is 5.32. The third-order valence-corrected chi connectivity index (χ3v) is 4.53. The molecule has 0 aromatic heterocycles. The molecule has 1 aliphatic carbocycles. The predicted molar refractivity (Wildman–Crippen MR) is 86.3 cm³/mol. The first-order valence-electron chi connectivity index (χ1n) is 8.54. The van der Waals surface area contributed by atoms with Crippen LogP contribution in [0.2, 0.25) is 0 Å². The molecule has 1 aromatic carbocycles. The van der Waals surface area contributed by atoms with Gasteiger partial charge < -0.3 is 4.74 Å². The summed E-state index contributed by atoms with van der Waals surface area (Å²) in [6, 6.07) is 9.00. The van der Waals surface area contributed by atoms with Crippen molar-refractivity contribution in [3.05, 3.63) is 35.4 Å². The van der Waals surface area contributed by atoms with Crippen LogP contribution in [-0.2, 0) is 11.2 Å². The lowest BCUT2D eigenvalue weighted by Gasteiger charge is -2.26. The number of hydrogen-bond donors (Lipinski definition) is 0. The van der Waals surface area contributed by atoms with Crippen LogP contribution in [0.1, 0.15) is 75.8 Å². The highest BCUT2D eigenvalue weighted by Crippen LogP contribution is 2.33. The summed E-state index contributed by atoms with van der Waals surface area (Å²) in [4.78, 5) is 0. The summed E-state index contributed by atoms with van der Waals surface area (Å²) >= 11 is 0. The van der Waals surface area contributed by atoms with Gasteiger partial charge in [-0.2, -0.15) is 0 Å². The van der Waals surface area contributed by atoms with E-state index in [0.717, 1.165) is 12.5 Å². The summed E-state index contributed by atoms with van der Waals surface area (Å²) in [7, 11) is 0. The fourth-order valence-corrected chi connectivity index (χ4v) is 3.49. The first-order chi connectivity index (χ1) is 9.85. The second-order valence-electron chi connectivity index (χ2n) is 6.15. The Morgan fingerprint density at radius 3 is 2.65 bits per heavy atom. The topological polar surface area (TPSA) is 9.23 Å². The molecule has 20 heavy (non-hydrogen) atoms. The van der Waals surface area contributed by atoms with E-state index >= 15 is 0 Å². The van der Waals surface area contributed by atoms with Crippen LogP contribution >= 0.6 is 0 Å². The molecule has 1 atom stereocenters. The maximum Gasteiger partial charge on any atom is 0.0575 e. The zero-order valence-electron chi connectivity index (χ0n) is 13.2. The molecule has 0 saturated heterocycles. The lowest BCUT2D eigenvalue weighted by atomic mass is 9.81. The summed E-state index contributed by atoms with van der Waals surface area (Å²) in [5, 5.41) is 0. The van der Waals surface area contributed by atoms with Gasteiger partial charge in [-0.3, -0.25) is 0 Å². The average Bonchev–Trinajstić information content (AvgIpc) is 2.48. The monoisotopic (exact) mass is 274 g/mol. The van der Waals surface area contributed by atoms with E-state index in [1.165, 1.54) is 51.4 Å². The van der Waals surface area contributed by atoms with Gasteiger partial charge in [0.2, 0.25) is 0 Å². The number of ether oxygens (including phenoxy) is 1. The summed E-state index contributed by atoms with van der Waals surface area (Å²) < 4.78 is 6.14. The van der Waals surface area contributed by atoms with Gasteiger partial charge in [-0.1, -0.05) is 51.0 Å². The van der Waals surface area contributed by atoms with Crippen LogP contribution in [0.25, 0.3) is 0 Å². The van der Waals surface area contributed by atoms with Gasteiger partial charge in [-0.05, 0) is 55.6 Å². The van der Waals surface area contributed by atoms with Gasteiger partial charge in [-0.25, -0.2) is 0 Å². The normalized spacial score (nSPS) is 18.2. The van der Waals surface area contributed by atoms with Gasteiger partial charge in [-0.15, -0.1) is 0 Å². The molecule has 0 heterocycles. The molecular formula is C19H30O. The van der Waals surface area contributed by atoms with Crippen molar-refractivity contribution in [2.45, 2.75) is 77.2 Å². The molecule has 1 nitrogen and oxygen atoms in total. The minimum absolute atomic E-state index is 0.490. The smallest absolute Gasteiger partial charge is 0.0575 e. The summed E-state index contributed by atoms with van der Waals surface area (Å²) in [6.45, 7) is 5.44. The fraction of sp³-hybridized carbons (Fsp3) is 0.684. The number of fused-ring (bicyclic) bond motifs is 1. The van der Waals surface area contributed by atoms with E-state index in [1.807, 2.05) is 0 Å². The fourth-order valence-electron chi connectivity index (χ4n) is 3.49. The molecule has 0 fully saturated rings. The first kappa shape index (κ1) is 15.6. The number of hydrogen-bond acceptors (Lipinski definition) is 1. The molecule has 0 N–H and O–H groups in total. The molecule has 112 valence electrons. The van der Waals surface area contributed by atoms with Gasteiger partial charge in [0.25, 0.3) is 0 Å². The molecule has 0 spiro atoms. The highest BCUT2D eigenvalue weighted by Gasteiger charge is 2.19. The molecule has 1 aromatic rings. The van der Waals surface area contributed by atoms with E-state index in [1.54, 1.807) is 11.1 Å². The van der Waals surface area contributed by atoms with Crippen molar-refractivity contribution in [3.63, 3.8) is 0 Å². The Morgan fingerprint density at radius 2 is 1.90 bits per heavy atom. The average molecular weight is 274 g/mol. The van der Waals surface area contributed by atoms with Crippen molar-refractivity contribution in [1.29, 1.82) is 0 Å². The maximum atomic E-state index is 6.14. The van der Waals surface area contributed by atoms with E-state index in [9.17, 15) is 0 Å². The standard InChI is InChI=1S/C19H30O/c1-3-8-18(9-4-2)20-15-14-17-12-7-11-16-10-5-6-13-19(16)17/h5-6,10,13,17-18H,3-4,7-9,11-12,14-15H2,1-2H3. The van der Waals surface area contributed by atoms with E-state index in [2.05, 4.69) is 38.1 Å². The van der Waals surface area contributed by atoms with Gasteiger partial charge in [0.15, 0.2) is 0 Å². The van der Waals surface area contributed by atoms with Crippen LogP contribution in [0.5, 0.6) is 0 Å². The number of benzene rings is 1. The second-order valence-corrected chi connectivity index (χ2v) is 6.15. The molecule has 0 saturated carbocycles. The van der Waals surface area contributed by atoms with Gasteiger partial charge in [0, 0.05) is 6.61 Å². The molecule has 0 radical (unpaired) electrons. The molecule has 1 heteroatoms. The van der Waals surface area contributed by atoms with E-state index < -0.39 is 0 Å². The number of aryl methyl sites for hydroxylation is 1. The Morgan fingerprint density at radius 1 is 1.15 bits per heavy atom. The van der Waals surface area contributed by atoms with Gasteiger partial charge >= 0.3 is 0 Å². The van der Waals surface area contributed by atoms with Crippen molar-refractivity contribution in [1.82, 2.24) is 0 Å². The predicted octanol–water partition coefficient (Wildman–Crippen LogP) is 5.48. The quantitative estimate of drug-likeness (QED) is 0.609. The summed E-state index contributed by atoms with van der Waals surface area (Å²) in [5.41, 5.74) is 3.16. The van der Waals surface area contributed by atoms with Crippen molar-refractivity contribution in [3.8, 4) is 0 Å². The largest absolute Gasteiger partial charge is 0.378 e. The second kappa shape index (κ2) is 8.46. The number of rotatable bonds is 8. The van der Waals surface area contributed by atoms with E-state index in [-0.39, 0.29) is 0 Å². The van der Waals surface area contributed by atoms with Crippen LogP contribution in [-0.4, -0.2) is 12.7 Å². The first-order valence-corrected chi connectivity index (χ1v) is 8.54. The van der Waals surface area contributed by atoms with Gasteiger partial charge in [0.1, 0.15) is 0 Å². The molecule has 0 amide bonds. The van der Waals surface area contributed by atoms with Crippen LogP contribution in [0.3, 0.4) is 0 Å². The summed E-state index contributed by atoms with van der Waals surface area (Å²) in [6.07, 6.45) is 10.5. The van der Waals surface area contributed by atoms with Crippen molar-refractivity contribution >= 4 is 0 Å². The SMILES string of the molecule is CCCC(CCC)OCCC1CCCc2ccccc21. The minimum atomic E-state index is 0.490. The Bertz CT molecular complexity index is 379. The molecule has 0 aliphatic heterocycles. The molecule has 1 aliphatic rings. The Labute approximate surface area is 124 Å². The third-order valence-electron chi connectivity index (χ3n) is 4.53. The van der Waals surface area contributed by atoms with Gasteiger partial charge in [0.05, 0.1) is 6.10 Å². The minimum Gasteiger partial charge on any atom is -0.378 e. The summed E-state index contributed by atoms with van der Waals surface area (Å²) in [5.74, 6) is 0.726. The van der Waals surface area contributed by atoms with Crippen LogP contribution in [0, 0.1) is 0 Å². The van der Waals surface area contributed by atoms with Crippen molar-refractivity contribution < 1.29 is 4.74 Å². The zero-order chi connectivity index (χ0) is 14.2. The maximum absolute atomic E-state index is 6.14. The van der Waals surface area contributed by atoms with Crippen LogP contribution in [0.15, 0.2) is 24.3 Å². The van der Waals surface area contributed by atoms with Crippen LogP contribution < -0.4 is 0 Å². The Kier molecular flexibility index (Phi) is 6.59. The third kappa shape index (κ3) is 4.34. The van der Waals surface area contributed by atoms with Crippen LogP contribution in [0.4, 0.5) is 0 Å². The Hall–Kier alpha value is -0.820. The highest BCUT2D eigenvalue weighted by atomic mass is 16.5. The Balaban J connectivity index is 1.82. The molecule has 1 unspecified atom stereocenters. The molecular weight excluding hydrogens is 244 g/mol. The zero-order valence-corrected chi connectivity index (χ0v) is 13.2. The van der Waals surface area contributed by atoms with E-state index in [4.69, 9.17) is 4.74 Å². The van der Waals surface area contributed by atoms with Crippen molar-refractivity contribution in [2.24, 2.45) is 0 Å².